The van der Waals surface area contributed by atoms with Gasteiger partial charge in [0, 0.05) is 140 Å². The average Bonchev–Trinajstić information content (AvgIpc) is 1.77. The average molecular weight is 1590 g/mol. The highest BCUT2D eigenvalue weighted by atomic mass is 16.7. The third kappa shape index (κ3) is 30.5. The number of hydrazone groups is 1. The molecule has 2 amide bonds. The first kappa shape index (κ1) is 94.3. The van der Waals surface area contributed by atoms with E-state index in [4.69, 9.17) is 55.3 Å². The van der Waals surface area contributed by atoms with E-state index in [0.29, 0.717) is 159 Å². The molecule has 0 bridgehead atoms. The normalized spacial score (nSPS) is 29.4. The number of hydrogen-bond acceptors (Lipinski definition) is 35. The molecule has 4 aliphatic heterocycles. The van der Waals surface area contributed by atoms with Gasteiger partial charge in [-0.1, -0.05) is 51.5 Å². The molecular weight excluding hydrogens is 1460 g/mol. The predicted molar refractivity (Wildman–Crippen MR) is 400 cm³/mol. The summed E-state index contributed by atoms with van der Waals surface area (Å²) < 4.78 is 50.0. The summed E-state index contributed by atoms with van der Waals surface area (Å²) in [6.45, 7) is 13.9. The molecule has 2 aromatic rings. The Morgan fingerprint density at radius 2 is 0.973 bits per heavy atom. The summed E-state index contributed by atoms with van der Waals surface area (Å²) in [5.41, 5.74) is 8.18. The van der Waals surface area contributed by atoms with Gasteiger partial charge in [-0.05, 0) is 96.4 Å². The molecule has 4 aliphatic rings. The molecule has 39 nitrogen and oxygen atoms in total. The third-order valence-corrected chi connectivity index (χ3v) is 20.2. The number of nitrogens with two attached hydrogens (primary N) is 3. The zero-order chi connectivity index (χ0) is 81.3. The molecule has 4 fully saturated rings. The van der Waals surface area contributed by atoms with E-state index in [1.165, 1.54) is 18.9 Å². The number of ether oxygens (including phenoxy) is 8. The number of ketones is 1. The van der Waals surface area contributed by atoms with Gasteiger partial charge in [-0.15, -0.1) is 10.2 Å². The van der Waals surface area contributed by atoms with Gasteiger partial charge in [0.1, 0.15) is 73.1 Å². The molecule has 0 saturated carbocycles. The molecule has 0 aromatic carbocycles. The maximum Gasteiger partial charge on any atom is 0.217 e. The lowest BCUT2D eigenvalue weighted by Crippen LogP contribution is -2.64. The number of aliphatic hydroxyl groups excluding tert-OH is 12. The predicted octanol–water partition coefficient (Wildman–Crippen LogP) is -3.53. The molecule has 20 N–H and O–H groups in total. The summed E-state index contributed by atoms with van der Waals surface area (Å²) in [5, 5.41) is 151. The molecule has 6 rings (SSSR count). The van der Waals surface area contributed by atoms with Gasteiger partial charge in [0.2, 0.25) is 11.8 Å². The van der Waals surface area contributed by atoms with E-state index in [0.717, 1.165) is 19.3 Å². The highest BCUT2D eigenvalue weighted by Gasteiger charge is 2.48. The summed E-state index contributed by atoms with van der Waals surface area (Å²) >= 11 is 0. The Kier molecular flexibility index (Phi) is 41.4. The van der Waals surface area contributed by atoms with E-state index in [2.05, 4.69) is 46.3 Å². The van der Waals surface area contributed by atoms with E-state index in [1.54, 1.807) is 35.6 Å². The largest absolute Gasteiger partial charge is 0.400 e. The number of hydrazine groups is 1. The number of aliphatic hydroxyl groups is 12. The highest BCUT2D eigenvalue weighted by molar-refractivity contribution is 6.31. The number of rotatable bonds is 51. The van der Waals surface area contributed by atoms with Crippen LogP contribution in [-0.2, 0) is 78.5 Å². The van der Waals surface area contributed by atoms with Gasteiger partial charge in [0.25, 0.3) is 0 Å². The smallest absolute Gasteiger partial charge is 0.217 e. The van der Waals surface area contributed by atoms with E-state index >= 15 is 0 Å². The quantitative estimate of drug-likeness (QED) is 0.0132. The molecule has 21 atom stereocenters. The van der Waals surface area contributed by atoms with Crippen molar-refractivity contribution in [1.29, 1.82) is 0 Å². The molecule has 0 spiro atoms. The number of amides is 2. The molecule has 1 unspecified atom stereocenters. The van der Waals surface area contributed by atoms with Crippen LogP contribution in [0.4, 0.5) is 0 Å². The maximum absolute atomic E-state index is 14.9. The van der Waals surface area contributed by atoms with Gasteiger partial charge in [0.15, 0.2) is 30.9 Å². The van der Waals surface area contributed by atoms with Gasteiger partial charge >= 0.3 is 0 Å². The Morgan fingerprint density at radius 3 is 1.40 bits per heavy atom. The number of aliphatic imine (C=N–C) groups is 1. The maximum atomic E-state index is 14.9. The van der Waals surface area contributed by atoms with Crippen molar-refractivity contribution in [2.24, 2.45) is 44.8 Å². The number of carbonyl (C=O) groups is 3. The molecule has 2 aromatic heterocycles. The second-order valence-corrected chi connectivity index (χ2v) is 30.5. The molecule has 4 saturated heterocycles. The van der Waals surface area contributed by atoms with E-state index in [1.807, 2.05) is 38.1 Å². The Hall–Kier alpha value is -5.55. The lowest BCUT2D eigenvalue weighted by molar-refractivity contribution is -0.282. The lowest BCUT2D eigenvalue weighted by atomic mass is 9.83. The zero-order valence-corrected chi connectivity index (χ0v) is 65.6. The molecule has 636 valence electrons. The van der Waals surface area contributed by atoms with Crippen molar-refractivity contribution < 1.29 is 114 Å². The fourth-order valence-electron chi connectivity index (χ4n) is 13.7. The van der Waals surface area contributed by atoms with E-state index in [9.17, 15) is 75.7 Å². The summed E-state index contributed by atoms with van der Waals surface area (Å²) in [5.74, 6) is 10.7. The van der Waals surface area contributed by atoms with E-state index < -0.39 is 172 Å². The summed E-state index contributed by atoms with van der Waals surface area (Å²) in [6, 6.07) is -2.83. The van der Waals surface area contributed by atoms with Crippen molar-refractivity contribution in [2.45, 2.75) is 287 Å². The minimum Gasteiger partial charge on any atom is -0.400 e. The number of unbranched alkanes of at least 4 members (excludes halogenated alkanes) is 9. The van der Waals surface area contributed by atoms with Crippen molar-refractivity contribution in [3.8, 4) is 0 Å². The SMILES string of the molecule is CC(=O)N[C@H]1[C@H](OCCCCCN(N)/C=C(\N)CN(CC(C=NCCCCCOC2O[C@H](CO)[C@H](O)[C@H](O)[C@H]2C)=NN)[C@H](CCCCN(Cc2cn(CCCCCO[C@@H]3O[C@H](CO)[C@H](O)[C@H](O)[C@H]3C)nn2)Cc2cn(CCCCCO[C@@H]3O[C@H](CO)[C@H](O)[C@H](O)[C@H]3NC(C)=O)nn2)C(=O)C(C)(C)C)O[C@H](CO)[C@H](O)[C@@H]1O. The van der Waals surface area contributed by atoms with Crippen LogP contribution in [0, 0.1) is 17.3 Å². The number of carbonyl (C=O) groups excluding carboxylic acids is 3. The van der Waals surface area contributed by atoms with Crippen molar-refractivity contribution in [1.82, 2.24) is 55.4 Å². The van der Waals surface area contributed by atoms with Gasteiger partial charge in [-0.2, -0.15) is 5.10 Å². The fourth-order valence-corrected chi connectivity index (χ4v) is 13.7. The topological polar surface area (TPSA) is 566 Å². The van der Waals surface area contributed by atoms with Crippen LogP contribution >= 0.6 is 0 Å². The summed E-state index contributed by atoms with van der Waals surface area (Å²) in [7, 11) is 0. The number of Topliss-reactive ketones (excluding diaryl/α,β-unsaturated/α-hetero) is 1. The van der Waals surface area contributed by atoms with Crippen molar-refractivity contribution in [3.05, 3.63) is 35.7 Å². The highest BCUT2D eigenvalue weighted by Crippen LogP contribution is 2.31. The van der Waals surface area contributed by atoms with Crippen molar-refractivity contribution in [3.63, 3.8) is 0 Å². The van der Waals surface area contributed by atoms with Crippen LogP contribution in [0.1, 0.15) is 156 Å². The first-order chi connectivity index (χ1) is 53.0. The third-order valence-electron chi connectivity index (χ3n) is 20.2. The van der Waals surface area contributed by atoms with Crippen molar-refractivity contribution in [2.75, 3.05) is 85.6 Å². The van der Waals surface area contributed by atoms with Crippen LogP contribution in [0.25, 0.3) is 0 Å². The van der Waals surface area contributed by atoms with Crippen LogP contribution in [0.5, 0.6) is 0 Å². The second-order valence-electron chi connectivity index (χ2n) is 30.5. The minimum atomic E-state index is -1.44. The lowest BCUT2D eigenvalue weighted by Gasteiger charge is -2.42. The van der Waals surface area contributed by atoms with Crippen LogP contribution in [-0.4, -0.2) is 338 Å². The molecule has 0 radical (unpaired) electrons. The number of nitrogens with one attached hydrogen (secondary N) is 2. The zero-order valence-electron chi connectivity index (χ0n) is 65.6. The monoisotopic (exact) mass is 1590 g/mol. The van der Waals surface area contributed by atoms with Gasteiger partial charge in [-0.25, -0.2) is 5.84 Å². The molecule has 0 aliphatic carbocycles. The Labute approximate surface area is 649 Å². The van der Waals surface area contributed by atoms with E-state index in [-0.39, 0.29) is 32.1 Å². The van der Waals surface area contributed by atoms with Crippen molar-refractivity contribution >= 4 is 29.5 Å². The van der Waals surface area contributed by atoms with Gasteiger partial charge in [-0.3, -0.25) is 38.5 Å². The second kappa shape index (κ2) is 48.7. The van der Waals surface area contributed by atoms with Crippen LogP contribution in [0.3, 0.4) is 0 Å². The molecule has 111 heavy (non-hydrogen) atoms. The minimum absolute atomic E-state index is 0.0526. The number of aromatic nitrogens is 6. The van der Waals surface area contributed by atoms with Crippen LogP contribution in [0.15, 0.2) is 34.4 Å². The molecule has 39 heteroatoms. The fraction of sp³-hybridized carbons (Fsp3) is 0.847. The Balaban J connectivity index is 1.12. The molecular formula is C72H130N16O23. The Morgan fingerprint density at radius 1 is 0.568 bits per heavy atom. The summed E-state index contributed by atoms with van der Waals surface area (Å²) in [6.07, 6.45) is -1.77. The van der Waals surface area contributed by atoms with Crippen LogP contribution < -0.4 is 28.1 Å². The van der Waals surface area contributed by atoms with Gasteiger partial charge < -0.3 is 126 Å². The number of nitrogens with zero attached hydrogens (tertiary/aromatic N) is 11. The van der Waals surface area contributed by atoms with Crippen LogP contribution in [0.2, 0.25) is 0 Å². The number of aryl methyl sites for hydroxylation is 2. The number of hydrogen-bond donors (Lipinski definition) is 17. The first-order valence-electron chi connectivity index (χ1n) is 39.1. The first-order valence-corrected chi connectivity index (χ1v) is 39.1. The Bertz CT molecular complexity index is 3080. The standard InChI is InChI=1S/C72H130N16O23/c1-44-59(95)61(97)53(40-89)108-68(44)104-28-18-8-13-23-76-32-49(79-74)37-85(33-48(73)34-86(75)25-14-9-19-30-106-70-57(77-46(3)93)65(101)63(99)55(42-91)110-70)52(67(103)72(5,6)7)22-12-17-24-84(35-50-38-87(82-80-50)26-15-10-20-29-105-69-45(2)60(96)62(98)54(41-90)109-69)36-51-39-88(83-81-51)27-16-11-21-31-107-71-58(78-47(4)94)66(102)64(100)56(43-92)111-71/h32,34,38-39,44-45,52-66,68-71,89-92,95-102H,8-31,33,35-37,40-43,73-75H2,1-7H3,(H,77,93)(H,78,94)/b48-34-,76-32?,79-49?/t44-,45-,52-,53-,54-,55-,56-,57-,58-,59-,60-,61+,62+,63+,64+,65-,66-,68?,69-,70-,71-/m1/s1. The summed E-state index contributed by atoms with van der Waals surface area (Å²) in [4.78, 5) is 47.6. The molecule has 6 heterocycles. The van der Waals surface area contributed by atoms with Gasteiger partial charge in [0.05, 0.1) is 61.8 Å².